The van der Waals surface area contributed by atoms with Crippen LogP contribution in [0.1, 0.15) is 39.5 Å². The molecule has 7 nitrogen and oxygen atoms in total. The maximum absolute atomic E-state index is 12.2. The minimum atomic E-state index is -0.595. The van der Waals surface area contributed by atoms with Gasteiger partial charge in [0.25, 0.3) is 5.91 Å². The number of nitrogens with one attached hydrogen (secondary N) is 1. The molecule has 1 aliphatic rings. The zero-order chi connectivity index (χ0) is 17.6. The van der Waals surface area contributed by atoms with Crippen LogP contribution in [0.3, 0.4) is 0 Å². The van der Waals surface area contributed by atoms with Crippen LogP contribution >= 0.6 is 0 Å². The van der Waals surface area contributed by atoms with Crippen LogP contribution in [0.25, 0.3) is 0 Å². The Balaban J connectivity index is 1.47. The first-order chi connectivity index (χ1) is 12.2. The molecule has 2 aromatic rings. The van der Waals surface area contributed by atoms with E-state index < -0.39 is 5.97 Å². The van der Waals surface area contributed by atoms with Crippen molar-refractivity contribution in [3.63, 3.8) is 0 Å². The molecule has 7 heteroatoms. The molecule has 132 valence electrons. The molecule has 3 heterocycles. The third-order valence-corrected chi connectivity index (χ3v) is 4.27. The number of methoxy groups -OCH3 is 1. The van der Waals surface area contributed by atoms with Crippen LogP contribution in [0.4, 0.5) is 0 Å². The second-order valence-corrected chi connectivity index (χ2v) is 6.04. The number of hydrogen-bond acceptors (Lipinski definition) is 6. The quantitative estimate of drug-likeness (QED) is 0.834. The zero-order valence-corrected chi connectivity index (χ0v) is 14.1. The molecule has 25 heavy (non-hydrogen) atoms. The van der Waals surface area contributed by atoms with Gasteiger partial charge in [-0.3, -0.25) is 14.7 Å². The number of likely N-dealkylation sites (tertiary alicyclic amines) is 1. The van der Waals surface area contributed by atoms with E-state index in [1.165, 1.54) is 24.8 Å². The molecule has 0 unspecified atom stereocenters. The summed E-state index contributed by atoms with van der Waals surface area (Å²) >= 11 is 0. The molecule has 0 saturated carbocycles. The number of ether oxygens (including phenoxy) is 1. The van der Waals surface area contributed by atoms with Crippen molar-refractivity contribution >= 4 is 11.9 Å². The van der Waals surface area contributed by atoms with Crippen LogP contribution < -0.4 is 5.32 Å². The number of piperidine rings is 1. The molecule has 0 spiro atoms. The van der Waals surface area contributed by atoms with Gasteiger partial charge in [-0.05, 0) is 36.6 Å². The highest BCUT2D eigenvalue weighted by molar-refractivity contribution is 5.94. The van der Waals surface area contributed by atoms with E-state index in [1.807, 2.05) is 12.3 Å². The fourth-order valence-electron chi connectivity index (χ4n) is 2.91. The fourth-order valence-corrected chi connectivity index (χ4v) is 2.91. The predicted octanol–water partition coefficient (Wildman–Crippen LogP) is 1.86. The van der Waals surface area contributed by atoms with Gasteiger partial charge in [-0.25, -0.2) is 4.79 Å². The van der Waals surface area contributed by atoms with E-state index in [9.17, 15) is 9.59 Å². The molecule has 1 aliphatic heterocycles. The van der Waals surface area contributed by atoms with E-state index in [4.69, 9.17) is 4.42 Å². The Morgan fingerprint density at radius 3 is 2.72 bits per heavy atom. The molecule has 2 aromatic heterocycles. The first-order valence-electron chi connectivity index (χ1n) is 8.26. The van der Waals surface area contributed by atoms with Gasteiger partial charge in [0, 0.05) is 38.1 Å². The van der Waals surface area contributed by atoms with Crippen molar-refractivity contribution in [1.82, 2.24) is 15.2 Å². The summed E-state index contributed by atoms with van der Waals surface area (Å²) < 4.78 is 9.80. The molecule has 0 bridgehead atoms. The summed E-state index contributed by atoms with van der Waals surface area (Å²) in [6, 6.07) is 7.03. The number of carbonyl (C=O) groups is 2. The Labute approximate surface area is 146 Å². The number of hydrogen-bond donors (Lipinski definition) is 1. The van der Waals surface area contributed by atoms with E-state index in [0.717, 1.165) is 32.5 Å². The van der Waals surface area contributed by atoms with E-state index in [0.29, 0.717) is 0 Å². The van der Waals surface area contributed by atoms with Crippen LogP contribution in [0, 0.1) is 0 Å². The number of nitrogens with zero attached hydrogens (tertiary/aromatic N) is 2. The van der Waals surface area contributed by atoms with E-state index in [2.05, 4.69) is 26.0 Å². The summed E-state index contributed by atoms with van der Waals surface area (Å²) in [6.45, 7) is 2.69. The minimum absolute atomic E-state index is 0.0268. The van der Waals surface area contributed by atoms with Gasteiger partial charge in [-0.1, -0.05) is 6.07 Å². The summed E-state index contributed by atoms with van der Waals surface area (Å²) in [5.74, 6) is -0.749. The van der Waals surface area contributed by atoms with Gasteiger partial charge in [0.1, 0.15) is 0 Å². The van der Waals surface area contributed by atoms with Crippen molar-refractivity contribution in [2.24, 2.45) is 0 Å². The zero-order valence-electron chi connectivity index (χ0n) is 14.1. The standard InChI is InChI=1S/C18H21N3O4/c1-24-18(23)16-5-4-15(25-16)17(22)20-14-6-9-21(10-7-14)12-13-3-2-8-19-11-13/h2-5,8,11,14H,6-7,9-10,12H2,1H3,(H,20,22). The smallest absolute Gasteiger partial charge is 0.373 e. The van der Waals surface area contributed by atoms with Crippen molar-refractivity contribution in [2.45, 2.75) is 25.4 Å². The molecular weight excluding hydrogens is 322 g/mol. The van der Waals surface area contributed by atoms with Gasteiger partial charge in [-0.2, -0.15) is 0 Å². The second-order valence-electron chi connectivity index (χ2n) is 6.04. The van der Waals surface area contributed by atoms with Crippen LogP contribution in [0.5, 0.6) is 0 Å². The summed E-state index contributed by atoms with van der Waals surface area (Å²) in [6.07, 6.45) is 5.39. The van der Waals surface area contributed by atoms with Crippen molar-refractivity contribution in [2.75, 3.05) is 20.2 Å². The number of rotatable bonds is 5. The highest BCUT2D eigenvalue weighted by atomic mass is 16.5. The second kappa shape index (κ2) is 7.94. The van der Waals surface area contributed by atoms with Crippen molar-refractivity contribution in [3.8, 4) is 0 Å². The fraction of sp³-hybridized carbons (Fsp3) is 0.389. The molecule has 1 saturated heterocycles. The Morgan fingerprint density at radius 1 is 1.28 bits per heavy atom. The predicted molar refractivity (Wildman–Crippen MR) is 90.0 cm³/mol. The van der Waals surface area contributed by atoms with Gasteiger partial charge in [-0.15, -0.1) is 0 Å². The van der Waals surface area contributed by atoms with Crippen LogP contribution in [-0.4, -0.2) is 48.0 Å². The van der Waals surface area contributed by atoms with Crippen molar-refractivity contribution in [1.29, 1.82) is 0 Å². The minimum Gasteiger partial charge on any atom is -0.463 e. The molecular formula is C18H21N3O4. The molecule has 0 radical (unpaired) electrons. The lowest BCUT2D eigenvalue weighted by Gasteiger charge is -2.32. The highest BCUT2D eigenvalue weighted by Gasteiger charge is 2.23. The monoisotopic (exact) mass is 343 g/mol. The number of esters is 1. The lowest BCUT2D eigenvalue weighted by Crippen LogP contribution is -2.44. The third-order valence-electron chi connectivity index (χ3n) is 4.27. The Morgan fingerprint density at radius 2 is 2.04 bits per heavy atom. The van der Waals surface area contributed by atoms with Crippen LogP contribution in [-0.2, 0) is 11.3 Å². The van der Waals surface area contributed by atoms with E-state index >= 15 is 0 Å². The topological polar surface area (TPSA) is 84.7 Å². The lowest BCUT2D eigenvalue weighted by molar-refractivity contribution is 0.0562. The number of furan rings is 1. The number of amides is 1. The van der Waals surface area contributed by atoms with Gasteiger partial charge in [0.05, 0.1) is 7.11 Å². The summed E-state index contributed by atoms with van der Waals surface area (Å²) in [4.78, 5) is 30.1. The summed E-state index contributed by atoms with van der Waals surface area (Å²) in [7, 11) is 1.27. The molecule has 0 aromatic carbocycles. The largest absolute Gasteiger partial charge is 0.463 e. The summed E-state index contributed by atoms with van der Waals surface area (Å²) in [5, 5.41) is 2.97. The normalized spacial score (nSPS) is 15.7. The molecule has 1 N–H and O–H groups in total. The van der Waals surface area contributed by atoms with Gasteiger partial charge < -0.3 is 14.5 Å². The Hall–Kier alpha value is -2.67. The van der Waals surface area contributed by atoms with E-state index in [1.54, 1.807) is 6.20 Å². The van der Waals surface area contributed by atoms with Crippen LogP contribution in [0.15, 0.2) is 41.1 Å². The molecule has 1 amide bonds. The molecule has 0 aliphatic carbocycles. The van der Waals surface area contributed by atoms with Crippen LogP contribution in [0.2, 0.25) is 0 Å². The Bertz CT molecular complexity index is 721. The maximum atomic E-state index is 12.2. The van der Waals surface area contributed by atoms with Gasteiger partial charge in [0.2, 0.25) is 5.76 Å². The van der Waals surface area contributed by atoms with Crippen molar-refractivity contribution < 1.29 is 18.7 Å². The third kappa shape index (κ3) is 4.45. The number of carbonyl (C=O) groups excluding carboxylic acids is 2. The first-order valence-corrected chi connectivity index (χ1v) is 8.26. The molecule has 3 rings (SSSR count). The van der Waals surface area contributed by atoms with Gasteiger partial charge in [0.15, 0.2) is 5.76 Å². The van der Waals surface area contributed by atoms with Gasteiger partial charge >= 0.3 is 5.97 Å². The average molecular weight is 343 g/mol. The lowest BCUT2D eigenvalue weighted by atomic mass is 10.0. The van der Waals surface area contributed by atoms with Crippen molar-refractivity contribution in [3.05, 3.63) is 53.7 Å². The van der Waals surface area contributed by atoms with E-state index in [-0.39, 0.29) is 23.5 Å². The average Bonchev–Trinajstić information content (AvgIpc) is 3.14. The first kappa shape index (κ1) is 17.2. The maximum Gasteiger partial charge on any atom is 0.373 e. The number of aromatic nitrogens is 1. The molecule has 1 fully saturated rings. The number of pyridine rings is 1. The molecule has 0 atom stereocenters. The SMILES string of the molecule is COC(=O)c1ccc(C(=O)NC2CCN(Cc3cccnc3)CC2)o1. The Kier molecular flexibility index (Phi) is 5.45. The highest BCUT2D eigenvalue weighted by Crippen LogP contribution is 2.15. The summed E-state index contributed by atoms with van der Waals surface area (Å²) in [5.41, 5.74) is 1.19.